The van der Waals surface area contributed by atoms with Crippen LogP contribution in [0.3, 0.4) is 0 Å². The lowest BCUT2D eigenvalue weighted by molar-refractivity contribution is 0.0555. The Morgan fingerprint density at radius 1 is 1.28 bits per heavy atom. The van der Waals surface area contributed by atoms with E-state index in [9.17, 15) is 0 Å². The Hall–Kier alpha value is -0.940. The van der Waals surface area contributed by atoms with Crippen molar-refractivity contribution in [1.82, 2.24) is 15.5 Å². The smallest absolute Gasteiger partial charge is 0.231 e. The van der Waals surface area contributed by atoms with Crippen molar-refractivity contribution in [3.05, 3.63) is 11.7 Å². The summed E-state index contributed by atoms with van der Waals surface area (Å²) in [5.74, 6) is 1.82. The van der Waals surface area contributed by atoms with Gasteiger partial charge >= 0.3 is 0 Å². The van der Waals surface area contributed by atoms with E-state index in [2.05, 4.69) is 50.1 Å². The van der Waals surface area contributed by atoms with Crippen LogP contribution < -0.4 is 5.32 Å². The van der Waals surface area contributed by atoms with Crippen molar-refractivity contribution < 1.29 is 9.26 Å². The maximum Gasteiger partial charge on any atom is 0.231 e. The van der Waals surface area contributed by atoms with E-state index in [1.165, 1.54) is 0 Å². The third kappa shape index (κ3) is 3.53. The maximum absolute atomic E-state index is 5.40. The first-order valence-electron chi connectivity index (χ1n) is 6.60. The quantitative estimate of drug-likeness (QED) is 0.811. The number of nitrogens with zero attached hydrogens (tertiary/aromatic N) is 2. The SMILES string of the molecule is CCNC(C)C(C)c1nc(C(OC)C(C)C)no1. The number of aromatic nitrogens is 2. The Bertz CT molecular complexity index is 352. The highest BCUT2D eigenvalue weighted by Crippen LogP contribution is 2.25. The molecule has 1 N–H and O–H groups in total. The molecule has 5 heteroatoms. The Balaban J connectivity index is 2.79. The molecular formula is C13H25N3O2. The van der Waals surface area contributed by atoms with Crippen molar-refractivity contribution in [2.75, 3.05) is 13.7 Å². The van der Waals surface area contributed by atoms with E-state index in [-0.39, 0.29) is 12.0 Å². The average Bonchev–Trinajstić information content (AvgIpc) is 2.78. The normalized spacial score (nSPS) is 16.8. The van der Waals surface area contributed by atoms with Crippen LogP contribution in [0.25, 0.3) is 0 Å². The van der Waals surface area contributed by atoms with Gasteiger partial charge in [0.25, 0.3) is 0 Å². The summed E-state index contributed by atoms with van der Waals surface area (Å²) in [6.07, 6.45) is -0.107. The molecule has 5 nitrogen and oxygen atoms in total. The highest BCUT2D eigenvalue weighted by atomic mass is 16.5. The minimum atomic E-state index is -0.107. The van der Waals surface area contributed by atoms with E-state index in [1.807, 2.05) is 0 Å². The molecule has 3 atom stereocenters. The van der Waals surface area contributed by atoms with Gasteiger partial charge in [0.15, 0.2) is 0 Å². The fourth-order valence-electron chi connectivity index (χ4n) is 1.94. The molecule has 0 aromatic carbocycles. The summed E-state index contributed by atoms with van der Waals surface area (Å²) < 4.78 is 10.7. The van der Waals surface area contributed by atoms with E-state index >= 15 is 0 Å². The molecule has 1 heterocycles. The van der Waals surface area contributed by atoms with Gasteiger partial charge in [0.1, 0.15) is 6.10 Å². The molecule has 0 radical (unpaired) electrons. The second kappa shape index (κ2) is 6.85. The topological polar surface area (TPSA) is 60.2 Å². The van der Waals surface area contributed by atoms with E-state index in [4.69, 9.17) is 9.26 Å². The molecule has 1 aromatic heterocycles. The zero-order chi connectivity index (χ0) is 13.7. The number of hydrogen-bond donors (Lipinski definition) is 1. The van der Waals surface area contributed by atoms with Crippen LogP contribution in [0.4, 0.5) is 0 Å². The fourth-order valence-corrected chi connectivity index (χ4v) is 1.94. The predicted molar refractivity (Wildman–Crippen MR) is 70.4 cm³/mol. The minimum absolute atomic E-state index is 0.107. The highest BCUT2D eigenvalue weighted by Gasteiger charge is 2.25. The molecule has 1 aromatic rings. The maximum atomic E-state index is 5.40. The lowest BCUT2D eigenvalue weighted by Crippen LogP contribution is -2.30. The number of nitrogens with one attached hydrogen (secondary N) is 1. The van der Waals surface area contributed by atoms with Gasteiger partial charge in [-0.05, 0) is 19.4 Å². The van der Waals surface area contributed by atoms with Crippen LogP contribution in [0, 0.1) is 5.92 Å². The predicted octanol–water partition coefficient (Wildman–Crippen LogP) is 2.51. The summed E-state index contributed by atoms with van der Waals surface area (Å²) in [5.41, 5.74) is 0. The summed E-state index contributed by atoms with van der Waals surface area (Å²) in [6.45, 7) is 11.4. The van der Waals surface area contributed by atoms with E-state index in [1.54, 1.807) is 7.11 Å². The number of ether oxygens (including phenoxy) is 1. The third-order valence-corrected chi connectivity index (χ3v) is 3.24. The van der Waals surface area contributed by atoms with Crippen LogP contribution in [-0.2, 0) is 4.74 Å². The van der Waals surface area contributed by atoms with Gasteiger partial charge in [-0.1, -0.05) is 32.9 Å². The second-order valence-electron chi connectivity index (χ2n) is 5.03. The summed E-state index contributed by atoms with van der Waals surface area (Å²) >= 11 is 0. The molecular weight excluding hydrogens is 230 g/mol. The molecule has 3 unspecified atom stereocenters. The minimum Gasteiger partial charge on any atom is -0.373 e. The molecule has 104 valence electrons. The summed E-state index contributed by atoms with van der Waals surface area (Å²) in [6, 6.07) is 0.309. The van der Waals surface area contributed by atoms with Crippen LogP contribution in [-0.4, -0.2) is 29.8 Å². The third-order valence-electron chi connectivity index (χ3n) is 3.24. The lowest BCUT2D eigenvalue weighted by Gasteiger charge is -2.17. The highest BCUT2D eigenvalue weighted by molar-refractivity contribution is 4.99. The monoisotopic (exact) mass is 255 g/mol. The standard InChI is InChI=1S/C13H25N3O2/c1-7-14-10(5)9(4)13-15-12(16-18-13)11(17-6)8(2)3/h8-11,14H,7H2,1-6H3. The van der Waals surface area contributed by atoms with Gasteiger partial charge in [-0.25, -0.2) is 0 Å². The van der Waals surface area contributed by atoms with Crippen LogP contribution in [0.15, 0.2) is 4.52 Å². The van der Waals surface area contributed by atoms with Gasteiger partial charge in [-0.15, -0.1) is 0 Å². The second-order valence-corrected chi connectivity index (χ2v) is 5.03. The zero-order valence-corrected chi connectivity index (χ0v) is 12.2. The first-order valence-corrected chi connectivity index (χ1v) is 6.60. The van der Waals surface area contributed by atoms with E-state index in [0.29, 0.717) is 23.7 Å². The molecule has 1 rings (SSSR count). The van der Waals surface area contributed by atoms with Crippen molar-refractivity contribution in [3.8, 4) is 0 Å². The number of hydrogen-bond acceptors (Lipinski definition) is 5. The summed E-state index contributed by atoms with van der Waals surface area (Å²) in [5, 5.41) is 7.39. The molecule has 0 aliphatic carbocycles. The Labute approximate surface area is 109 Å². The van der Waals surface area contributed by atoms with Crippen LogP contribution in [0.5, 0.6) is 0 Å². The number of likely N-dealkylation sites (N-methyl/N-ethyl adjacent to an activating group) is 1. The molecule has 0 amide bonds. The molecule has 0 aliphatic rings. The van der Waals surface area contributed by atoms with Crippen molar-refractivity contribution in [2.45, 2.75) is 52.7 Å². The molecule has 0 bridgehead atoms. The molecule has 0 saturated carbocycles. The summed E-state index contributed by atoms with van der Waals surface area (Å²) in [4.78, 5) is 4.46. The molecule has 0 saturated heterocycles. The van der Waals surface area contributed by atoms with Gasteiger partial charge in [-0.3, -0.25) is 0 Å². The first-order chi connectivity index (χ1) is 8.51. The van der Waals surface area contributed by atoms with Crippen LogP contribution in [0.1, 0.15) is 58.4 Å². The summed E-state index contributed by atoms with van der Waals surface area (Å²) in [7, 11) is 1.67. The molecule has 0 aliphatic heterocycles. The van der Waals surface area contributed by atoms with E-state index in [0.717, 1.165) is 6.54 Å². The van der Waals surface area contributed by atoms with Gasteiger partial charge in [0.05, 0.1) is 5.92 Å². The Morgan fingerprint density at radius 2 is 1.94 bits per heavy atom. The van der Waals surface area contributed by atoms with Gasteiger partial charge in [0.2, 0.25) is 11.7 Å². The largest absolute Gasteiger partial charge is 0.373 e. The van der Waals surface area contributed by atoms with Crippen molar-refractivity contribution in [1.29, 1.82) is 0 Å². The number of methoxy groups -OCH3 is 1. The molecule has 0 spiro atoms. The lowest BCUT2D eigenvalue weighted by atomic mass is 10.0. The van der Waals surface area contributed by atoms with Crippen LogP contribution >= 0.6 is 0 Å². The average molecular weight is 255 g/mol. The Kier molecular flexibility index (Phi) is 5.75. The number of rotatable bonds is 7. The zero-order valence-electron chi connectivity index (χ0n) is 12.2. The van der Waals surface area contributed by atoms with Gasteiger partial charge in [0, 0.05) is 13.2 Å². The van der Waals surface area contributed by atoms with Crippen molar-refractivity contribution >= 4 is 0 Å². The first kappa shape index (κ1) is 15.1. The molecule has 0 fully saturated rings. The van der Waals surface area contributed by atoms with Crippen molar-refractivity contribution in [3.63, 3.8) is 0 Å². The van der Waals surface area contributed by atoms with Crippen LogP contribution in [0.2, 0.25) is 0 Å². The van der Waals surface area contributed by atoms with Gasteiger partial charge in [-0.2, -0.15) is 4.98 Å². The van der Waals surface area contributed by atoms with Crippen molar-refractivity contribution in [2.24, 2.45) is 5.92 Å². The fraction of sp³-hybridized carbons (Fsp3) is 0.846. The Morgan fingerprint density at radius 3 is 2.44 bits per heavy atom. The van der Waals surface area contributed by atoms with Gasteiger partial charge < -0.3 is 14.6 Å². The molecule has 18 heavy (non-hydrogen) atoms. The van der Waals surface area contributed by atoms with E-state index < -0.39 is 0 Å².